The fraction of sp³-hybridized carbons (Fsp3) is 0.667. The standard InChI is InChI=1S/C6H11NO2/c1-5(4-8)3-6(9)7-2/h4-5H,3H2,1-2H3,(H,7,9). The minimum atomic E-state index is -0.162. The van der Waals surface area contributed by atoms with Crippen molar-refractivity contribution >= 4 is 12.2 Å². The number of hydrogen-bond acceptors (Lipinski definition) is 2. The average Bonchev–Trinajstić information content (AvgIpc) is 1.87. The van der Waals surface area contributed by atoms with Crippen LogP contribution < -0.4 is 5.32 Å². The molecule has 1 amide bonds. The van der Waals surface area contributed by atoms with E-state index in [0.29, 0.717) is 6.42 Å². The Morgan fingerprint density at radius 3 is 2.67 bits per heavy atom. The predicted molar refractivity (Wildman–Crippen MR) is 33.9 cm³/mol. The largest absolute Gasteiger partial charge is 0.359 e. The zero-order valence-corrected chi connectivity index (χ0v) is 5.68. The molecule has 1 N–H and O–H groups in total. The number of carbonyl (C=O) groups excluding carboxylic acids is 2. The molecule has 0 heterocycles. The van der Waals surface area contributed by atoms with Gasteiger partial charge < -0.3 is 10.1 Å². The third-order valence-electron chi connectivity index (χ3n) is 1.02. The minimum absolute atomic E-state index is 0.0883. The van der Waals surface area contributed by atoms with Crippen molar-refractivity contribution in [2.24, 2.45) is 5.92 Å². The van der Waals surface area contributed by atoms with Gasteiger partial charge in [0.1, 0.15) is 6.29 Å². The van der Waals surface area contributed by atoms with Gasteiger partial charge in [-0.15, -0.1) is 0 Å². The normalized spacial score (nSPS) is 12.2. The molecule has 1 unspecified atom stereocenters. The number of amides is 1. The Balaban J connectivity index is 3.46. The molecule has 52 valence electrons. The van der Waals surface area contributed by atoms with E-state index in [-0.39, 0.29) is 11.8 Å². The van der Waals surface area contributed by atoms with E-state index in [1.165, 1.54) is 0 Å². The molecular formula is C6H11NO2. The first-order chi connectivity index (χ1) is 4.20. The average molecular weight is 129 g/mol. The van der Waals surface area contributed by atoms with Crippen LogP contribution in [0.15, 0.2) is 0 Å². The molecule has 3 heteroatoms. The van der Waals surface area contributed by atoms with Crippen molar-refractivity contribution in [2.75, 3.05) is 7.05 Å². The van der Waals surface area contributed by atoms with Gasteiger partial charge in [-0.2, -0.15) is 0 Å². The minimum Gasteiger partial charge on any atom is -0.359 e. The molecule has 0 spiro atoms. The van der Waals surface area contributed by atoms with Crippen LogP contribution in [0.3, 0.4) is 0 Å². The molecule has 0 fully saturated rings. The summed E-state index contributed by atoms with van der Waals surface area (Å²) in [5.74, 6) is -0.250. The van der Waals surface area contributed by atoms with Crippen molar-refractivity contribution in [3.8, 4) is 0 Å². The van der Waals surface area contributed by atoms with E-state index in [0.717, 1.165) is 6.29 Å². The number of rotatable bonds is 3. The second-order valence-corrected chi connectivity index (χ2v) is 1.99. The zero-order valence-electron chi connectivity index (χ0n) is 5.68. The maximum atomic E-state index is 10.5. The SMILES string of the molecule is CNC(=O)CC(C)C=O. The summed E-state index contributed by atoms with van der Waals surface area (Å²) in [6.45, 7) is 1.71. The van der Waals surface area contributed by atoms with Gasteiger partial charge in [0, 0.05) is 19.4 Å². The van der Waals surface area contributed by atoms with Crippen LogP contribution in [0.1, 0.15) is 13.3 Å². The number of nitrogens with one attached hydrogen (secondary N) is 1. The lowest BCUT2D eigenvalue weighted by molar-refractivity contribution is -0.123. The summed E-state index contributed by atoms with van der Waals surface area (Å²) in [5, 5.41) is 2.43. The van der Waals surface area contributed by atoms with Gasteiger partial charge in [-0.05, 0) is 0 Å². The molecule has 0 aromatic heterocycles. The smallest absolute Gasteiger partial charge is 0.220 e. The predicted octanol–water partition coefficient (Wildman–Crippen LogP) is -0.0425. The summed E-state index contributed by atoms with van der Waals surface area (Å²) in [4.78, 5) is 20.5. The van der Waals surface area contributed by atoms with Gasteiger partial charge in [0.2, 0.25) is 5.91 Å². The first-order valence-electron chi connectivity index (χ1n) is 2.86. The highest BCUT2D eigenvalue weighted by atomic mass is 16.1. The molecule has 0 aliphatic heterocycles. The molecule has 0 aromatic carbocycles. The van der Waals surface area contributed by atoms with Crippen molar-refractivity contribution in [1.29, 1.82) is 0 Å². The van der Waals surface area contributed by atoms with Gasteiger partial charge in [0.15, 0.2) is 0 Å². The molecule has 0 aliphatic rings. The highest BCUT2D eigenvalue weighted by Crippen LogP contribution is 1.94. The molecule has 0 saturated heterocycles. The summed E-state index contributed by atoms with van der Waals surface area (Å²) in [6, 6.07) is 0. The number of hydrogen-bond donors (Lipinski definition) is 1. The highest BCUT2D eigenvalue weighted by Gasteiger charge is 2.04. The van der Waals surface area contributed by atoms with E-state index in [1.54, 1.807) is 14.0 Å². The van der Waals surface area contributed by atoms with Crippen LogP contribution in [0, 0.1) is 5.92 Å². The van der Waals surface area contributed by atoms with E-state index in [4.69, 9.17) is 0 Å². The first-order valence-corrected chi connectivity index (χ1v) is 2.86. The van der Waals surface area contributed by atoms with Gasteiger partial charge in [-0.1, -0.05) is 6.92 Å². The summed E-state index contributed by atoms with van der Waals surface area (Å²) in [6.07, 6.45) is 1.06. The van der Waals surface area contributed by atoms with E-state index >= 15 is 0 Å². The lowest BCUT2D eigenvalue weighted by Crippen LogP contribution is -2.20. The second-order valence-electron chi connectivity index (χ2n) is 1.99. The quantitative estimate of drug-likeness (QED) is 0.543. The van der Waals surface area contributed by atoms with E-state index in [2.05, 4.69) is 5.32 Å². The molecule has 0 bridgehead atoms. The maximum absolute atomic E-state index is 10.5. The van der Waals surface area contributed by atoms with Gasteiger partial charge >= 0.3 is 0 Å². The molecular weight excluding hydrogens is 118 g/mol. The van der Waals surface area contributed by atoms with Crippen molar-refractivity contribution in [3.63, 3.8) is 0 Å². The fourth-order valence-corrected chi connectivity index (χ4v) is 0.443. The van der Waals surface area contributed by atoms with Crippen molar-refractivity contribution in [3.05, 3.63) is 0 Å². The van der Waals surface area contributed by atoms with E-state index in [1.807, 2.05) is 0 Å². The third kappa shape index (κ3) is 3.70. The Morgan fingerprint density at radius 1 is 1.78 bits per heavy atom. The summed E-state index contributed by atoms with van der Waals surface area (Å²) in [5.41, 5.74) is 0. The molecule has 0 aliphatic carbocycles. The zero-order chi connectivity index (χ0) is 7.28. The molecule has 0 aromatic rings. The third-order valence-corrected chi connectivity index (χ3v) is 1.02. The summed E-state index contributed by atoms with van der Waals surface area (Å²) in [7, 11) is 1.56. The van der Waals surface area contributed by atoms with Crippen LogP contribution in [-0.4, -0.2) is 19.2 Å². The van der Waals surface area contributed by atoms with E-state index in [9.17, 15) is 9.59 Å². The molecule has 9 heavy (non-hydrogen) atoms. The summed E-state index contributed by atoms with van der Waals surface area (Å²) >= 11 is 0. The van der Waals surface area contributed by atoms with Crippen LogP contribution in [0.25, 0.3) is 0 Å². The Labute approximate surface area is 54.4 Å². The van der Waals surface area contributed by atoms with Gasteiger partial charge in [0.25, 0.3) is 0 Å². The first kappa shape index (κ1) is 8.14. The van der Waals surface area contributed by atoms with Crippen LogP contribution in [0.2, 0.25) is 0 Å². The van der Waals surface area contributed by atoms with Crippen LogP contribution in [0.5, 0.6) is 0 Å². The van der Waals surface area contributed by atoms with E-state index < -0.39 is 0 Å². The van der Waals surface area contributed by atoms with Crippen molar-refractivity contribution in [1.82, 2.24) is 5.32 Å². The molecule has 3 nitrogen and oxygen atoms in total. The monoisotopic (exact) mass is 129 g/mol. The Hall–Kier alpha value is -0.860. The Bertz CT molecular complexity index is 112. The van der Waals surface area contributed by atoms with Gasteiger partial charge in [0.05, 0.1) is 0 Å². The van der Waals surface area contributed by atoms with Gasteiger partial charge in [-0.25, -0.2) is 0 Å². The second kappa shape index (κ2) is 4.06. The topological polar surface area (TPSA) is 46.2 Å². The molecule has 1 atom stereocenters. The summed E-state index contributed by atoms with van der Waals surface area (Å²) < 4.78 is 0. The van der Waals surface area contributed by atoms with Gasteiger partial charge in [-0.3, -0.25) is 4.79 Å². The van der Waals surface area contributed by atoms with Crippen LogP contribution in [0.4, 0.5) is 0 Å². The van der Waals surface area contributed by atoms with Crippen molar-refractivity contribution < 1.29 is 9.59 Å². The Kier molecular flexibility index (Phi) is 3.67. The lowest BCUT2D eigenvalue weighted by atomic mass is 10.1. The Morgan fingerprint density at radius 2 is 2.33 bits per heavy atom. The fourth-order valence-electron chi connectivity index (χ4n) is 0.443. The van der Waals surface area contributed by atoms with Crippen LogP contribution >= 0.6 is 0 Å². The molecule has 0 rings (SSSR count). The number of carbonyl (C=O) groups is 2. The van der Waals surface area contributed by atoms with Crippen molar-refractivity contribution in [2.45, 2.75) is 13.3 Å². The number of aldehydes is 1. The molecule has 0 saturated carbocycles. The van der Waals surface area contributed by atoms with Crippen LogP contribution in [-0.2, 0) is 9.59 Å². The molecule has 0 radical (unpaired) electrons. The maximum Gasteiger partial charge on any atom is 0.220 e. The lowest BCUT2D eigenvalue weighted by Gasteiger charge is -1.99. The highest BCUT2D eigenvalue weighted by molar-refractivity contribution is 5.78.